The lowest BCUT2D eigenvalue weighted by atomic mass is 9.46. The fourth-order valence-electron chi connectivity index (χ4n) is 7.46. The van der Waals surface area contributed by atoms with E-state index in [0.29, 0.717) is 11.7 Å². The minimum Gasteiger partial charge on any atom is -0.300 e. The van der Waals surface area contributed by atoms with Crippen molar-refractivity contribution in [2.45, 2.75) is 78.2 Å². The van der Waals surface area contributed by atoms with Gasteiger partial charge in [0.1, 0.15) is 11.8 Å². The van der Waals surface area contributed by atoms with Gasteiger partial charge in [0.25, 0.3) is 0 Å². The monoisotopic (exact) mass is 329 g/mol. The van der Waals surface area contributed by atoms with Crippen molar-refractivity contribution in [1.29, 1.82) is 0 Å². The fraction of sp³-hybridized carbons (Fsp3) is 0.857. The lowest BCUT2D eigenvalue weighted by molar-refractivity contribution is -0.127. The van der Waals surface area contributed by atoms with Crippen molar-refractivity contribution in [3.05, 3.63) is 16.6 Å². The minimum absolute atomic E-state index is 0.0907. The average molecular weight is 329 g/mol. The number of nitroso groups, excluding NO2 is 1. The van der Waals surface area contributed by atoms with Crippen LogP contribution in [0.4, 0.5) is 0 Å². The van der Waals surface area contributed by atoms with Crippen molar-refractivity contribution in [3.8, 4) is 0 Å². The van der Waals surface area contributed by atoms with Crippen molar-refractivity contribution in [2.75, 3.05) is 0 Å². The number of allylic oxidation sites excluding steroid dienone is 1. The number of Topliss-reactive ketones (excluding diaryl/α,β-unsaturated/α-hetero) is 1. The molecule has 132 valence electrons. The summed E-state index contributed by atoms with van der Waals surface area (Å²) in [6.45, 7) is 6.67. The third-order valence-electron chi connectivity index (χ3n) is 8.72. The molecule has 0 aromatic heterocycles. The van der Waals surface area contributed by atoms with Gasteiger partial charge in [-0.05, 0) is 86.9 Å². The molecule has 0 bridgehead atoms. The van der Waals surface area contributed by atoms with E-state index in [9.17, 15) is 9.70 Å². The number of nitrogens with zero attached hydrogens (tertiary/aromatic N) is 1. The van der Waals surface area contributed by atoms with Crippen LogP contribution >= 0.6 is 0 Å². The second kappa shape index (κ2) is 5.51. The molecule has 3 nitrogen and oxygen atoms in total. The second-order valence-electron chi connectivity index (χ2n) is 9.52. The zero-order chi connectivity index (χ0) is 17.1. The highest BCUT2D eigenvalue weighted by molar-refractivity contribution is 5.79. The van der Waals surface area contributed by atoms with Crippen LogP contribution in [-0.2, 0) is 4.79 Å². The zero-order valence-corrected chi connectivity index (χ0v) is 15.4. The summed E-state index contributed by atoms with van der Waals surface area (Å²) in [6, 6.07) is -0.0907. The van der Waals surface area contributed by atoms with Gasteiger partial charge in [-0.1, -0.05) is 30.7 Å². The molecule has 3 fully saturated rings. The Balaban J connectivity index is 1.65. The largest absolute Gasteiger partial charge is 0.300 e. The van der Waals surface area contributed by atoms with Gasteiger partial charge >= 0.3 is 0 Å². The molecule has 3 heteroatoms. The molecule has 0 aliphatic heterocycles. The van der Waals surface area contributed by atoms with Crippen LogP contribution in [0.15, 0.2) is 16.8 Å². The first-order valence-electron chi connectivity index (χ1n) is 9.94. The molecule has 1 unspecified atom stereocenters. The Hall–Kier alpha value is -0.990. The lowest BCUT2D eigenvalue weighted by Gasteiger charge is -2.58. The van der Waals surface area contributed by atoms with Crippen LogP contribution in [0.3, 0.4) is 0 Å². The predicted molar refractivity (Wildman–Crippen MR) is 95.5 cm³/mol. The number of carbonyl (C=O) groups excluding carboxylic acids is 1. The van der Waals surface area contributed by atoms with Crippen LogP contribution < -0.4 is 0 Å². The molecule has 0 amide bonds. The molecule has 24 heavy (non-hydrogen) atoms. The number of rotatable bonds is 2. The summed E-state index contributed by atoms with van der Waals surface area (Å²) in [6.07, 6.45) is 11.5. The SMILES string of the molecule is CC(=O)[C@H]1CC[C@H]2[C@@H]3CCC4=CC(N=O)CC[C@]4(C)[C@H]3CC[C@]12C. The van der Waals surface area contributed by atoms with Gasteiger partial charge in [-0.2, -0.15) is 4.91 Å². The van der Waals surface area contributed by atoms with Crippen LogP contribution in [-0.4, -0.2) is 11.8 Å². The Kier molecular flexibility index (Phi) is 3.78. The van der Waals surface area contributed by atoms with Gasteiger partial charge in [0, 0.05) is 5.92 Å². The molecule has 0 aromatic carbocycles. The van der Waals surface area contributed by atoms with E-state index in [-0.39, 0.29) is 16.9 Å². The molecule has 0 aromatic rings. The number of ketones is 1. The molecule has 0 radical (unpaired) electrons. The Morgan fingerprint density at radius 1 is 1.08 bits per heavy atom. The average Bonchev–Trinajstić information content (AvgIpc) is 2.91. The zero-order valence-electron chi connectivity index (χ0n) is 15.4. The van der Waals surface area contributed by atoms with Crippen molar-refractivity contribution in [2.24, 2.45) is 39.7 Å². The fourth-order valence-corrected chi connectivity index (χ4v) is 7.46. The standard InChI is InChI=1S/C21H31NO2/c1-13(23)17-6-7-18-16-5-4-14-12-15(22-24)8-10-20(14,2)19(16)9-11-21(17,18)3/h12,15-19H,4-11H2,1-3H3/t15?,16-,17+,18-,19-,20-,21+/m0/s1. The summed E-state index contributed by atoms with van der Waals surface area (Å²) < 4.78 is 0. The van der Waals surface area contributed by atoms with Gasteiger partial charge in [-0.3, -0.25) is 4.79 Å². The van der Waals surface area contributed by atoms with E-state index in [1.807, 2.05) is 0 Å². The van der Waals surface area contributed by atoms with Crippen LogP contribution in [0.5, 0.6) is 0 Å². The van der Waals surface area contributed by atoms with Crippen LogP contribution in [0.25, 0.3) is 0 Å². The molecular formula is C21H31NO2. The maximum absolute atomic E-state index is 12.2. The van der Waals surface area contributed by atoms with Gasteiger partial charge in [-0.25, -0.2) is 0 Å². The van der Waals surface area contributed by atoms with E-state index in [0.717, 1.165) is 43.4 Å². The summed E-state index contributed by atoms with van der Waals surface area (Å²) in [5.41, 5.74) is 2.04. The summed E-state index contributed by atoms with van der Waals surface area (Å²) in [5.74, 6) is 2.96. The molecule has 3 saturated carbocycles. The van der Waals surface area contributed by atoms with Crippen LogP contribution in [0, 0.1) is 39.4 Å². The van der Waals surface area contributed by atoms with Gasteiger partial charge in [0.05, 0.1) is 0 Å². The summed E-state index contributed by atoms with van der Waals surface area (Å²) >= 11 is 0. The molecule has 4 aliphatic carbocycles. The van der Waals surface area contributed by atoms with E-state index in [4.69, 9.17) is 0 Å². The van der Waals surface area contributed by atoms with E-state index >= 15 is 0 Å². The van der Waals surface area contributed by atoms with Gasteiger partial charge in [-0.15, -0.1) is 0 Å². The number of hydrogen-bond donors (Lipinski definition) is 0. The molecule has 0 N–H and O–H groups in total. The van der Waals surface area contributed by atoms with Crippen molar-refractivity contribution < 1.29 is 4.79 Å². The minimum atomic E-state index is -0.0907. The van der Waals surface area contributed by atoms with Crippen LogP contribution in [0.2, 0.25) is 0 Å². The predicted octanol–water partition coefficient (Wildman–Crippen LogP) is 5.29. The highest BCUT2D eigenvalue weighted by atomic mass is 16.3. The van der Waals surface area contributed by atoms with E-state index in [1.165, 1.54) is 31.3 Å². The third kappa shape index (κ3) is 2.12. The number of fused-ring (bicyclic) bond motifs is 5. The molecule has 4 rings (SSSR count). The Morgan fingerprint density at radius 3 is 2.58 bits per heavy atom. The first-order valence-corrected chi connectivity index (χ1v) is 9.94. The van der Waals surface area contributed by atoms with Crippen molar-refractivity contribution >= 4 is 5.78 Å². The molecule has 0 heterocycles. The van der Waals surface area contributed by atoms with Gasteiger partial charge in [0.15, 0.2) is 0 Å². The summed E-state index contributed by atoms with van der Waals surface area (Å²) in [4.78, 5) is 23.2. The van der Waals surface area contributed by atoms with E-state index in [1.54, 1.807) is 6.92 Å². The number of carbonyl (C=O) groups is 1. The van der Waals surface area contributed by atoms with Crippen molar-refractivity contribution in [3.63, 3.8) is 0 Å². The highest BCUT2D eigenvalue weighted by Gasteiger charge is 2.59. The summed E-state index contributed by atoms with van der Waals surface area (Å²) in [7, 11) is 0. The lowest BCUT2D eigenvalue weighted by Crippen LogP contribution is -2.51. The Labute approximate surface area is 145 Å². The molecule has 7 atom stereocenters. The van der Waals surface area contributed by atoms with Gasteiger partial charge in [0.2, 0.25) is 0 Å². The molecule has 0 saturated heterocycles. The smallest absolute Gasteiger partial charge is 0.133 e. The summed E-state index contributed by atoms with van der Waals surface area (Å²) in [5, 5.41) is 3.30. The van der Waals surface area contributed by atoms with E-state index < -0.39 is 0 Å². The number of hydrogen-bond acceptors (Lipinski definition) is 3. The maximum Gasteiger partial charge on any atom is 0.133 e. The van der Waals surface area contributed by atoms with Crippen LogP contribution in [0.1, 0.15) is 72.1 Å². The normalized spacial score (nSPS) is 50.3. The first-order chi connectivity index (χ1) is 11.4. The first kappa shape index (κ1) is 16.5. The van der Waals surface area contributed by atoms with E-state index in [2.05, 4.69) is 25.1 Å². The molecule has 0 spiro atoms. The second-order valence-corrected chi connectivity index (χ2v) is 9.52. The molecule has 4 aliphatic rings. The molecular weight excluding hydrogens is 298 g/mol. The van der Waals surface area contributed by atoms with Crippen molar-refractivity contribution in [1.82, 2.24) is 0 Å². The van der Waals surface area contributed by atoms with Gasteiger partial charge < -0.3 is 0 Å². The Bertz CT molecular complexity index is 597. The topological polar surface area (TPSA) is 46.5 Å². The highest BCUT2D eigenvalue weighted by Crippen LogP contribution is 2.66. The quantitative estimate of drug-likeness (QED) is 0.510. The third-order valence-corrected chi connectivity index (χ3v) is 8.72. The maximum atomic E-state index is 12.2. The Morgan fingerprint density at radius 2 is 1.88 bits per heavy atom.